The van der Waals surface area contributed by atoms with Crippen LogP contribution in [0.2, 0.25) is 0 Å². The van der Waals surface area contributed by atoms with E-state index < -0.39 is 17.5 Å². The van der Waals surface area contributed by atoms with Crippen molar-refractivity contribution in [2.24, 2.45) is 0 Å². The lowest BCUT2D eigenvalue weighted by Gasteiger charge is -2.29. The molecule has 1 aliphatic heterocycles. The molecule has 16 heavy (non-hydrogen) atoms. The van der Waals surface area contributed by atoms with Gasteiger partial charge in [0.1, 0.15) is 5.60 Å². The first-order valence-electron chi connectivity index (χ1n) is 4.69. The first-order valence-corrected chi connectivity index (χ1v) is 4.69. The number of rotatable bonds is 2. The molecule has 0 amide bonds. The predicted octanol–water partition coefficient (Wildman–Crippen LogP) is 0.951. The molecule has 0 fully saturated rings. The van der Waals surface area contributed by atoms with Gasteiger partial charge in [-0.2, -0.15) is 0 Å². The highest BCUT2D eigenvalue weighted by molar-refractivity contribution is 5.97. The summed E-state index contributed by atoms with van der Waals surface area (Å²) in [6.45, 7) is 3.42. The maximum Gasteiger partial charge on any atom is 0.341 e. The van der Waals surface area contributed by atoms with E-state index in [1.807, 2.05) is 0 Å². The minimum atomic E-state index is -0.815. The highest BCUT2D eigenvalue weighted by atomic mass is 16.5. The second-order valence-electron chi connectivity index (χ2n) is 3.74. The van der Waals surface area contributed by atoms with Crippen molar-refractivity contribution in [2.75, 3.05) is 14.2 Å². The Hall–Kier alpha value is -1.78. The third kappa shape index (κ3) is 2.24. The van der Waals surface area contributed by atoms with Crippen LogP contribution in [-0.2, 0) is 23.8 Å². The molecule has 88 valence electrons. The summed E-state index contributed by atoms with van der Waals surface area (Å²) < 4.78 is 14.5. The number of hydrogen-bond donors (Lipinski definition) is 0. The standard InChI is InChI=1S/C11H14O5/c1-11(2)8(10(13)15-4)5-7(6-16-11)9(12)14-3/h5-6H,1-4H3. The second-order valence-corrected chi connectivity index (χ2v) is 3.74. The fraction of sp³-hybridized carbons (Fsp3) is 0.455. The Bertz CT molecular complexity index is 376. The number of ether oxygens (including phenoxy) is 3. The molecule has 0 atom stereocenters. The minimum absolute atomic E-state index is 0.183. The molecule has 1 aliphatic rings. The Balaban J connectivity index is 3.08. The summed E-state index contributed by atoms with van der Waals surface area (Å²) in [5.74, 6) is -1.09. The van der Waals surface area contributed by atoms with Crippen LogP contribution in [0, 0.1) is 0 Å². The van der Waals surface area contributed by atoms with E-state index >= 15 is 0 Å². The predicted molar refractivity (Wildman–Crippen MR) is 55.4 cm³/mol. The molecular formula is C11H14O5. The molecule has 0 aliphatic carbocycles. The first-order chi connectivity index (χ1) is 7.42. The van der Waals surface area contributed by atoms with Gasteiger partial charge in [-0.1, -0.05) is 0 Å². The number of hydrogen-bond acceptors (Lipinski definition) is 5. The van der Waals surface area contributed by atoms with E-state index in [2.05, 4.69) is 9.47 Å². The van der Waals surface area contributed by atoms with E-state index in [-0.39, 0.29) is 11.1 Å². The van der Waals surface area contributed by atoms with E-state index in [1.54, 1.807) is 13.8 Å². The highest BCUT2D eigenvalue weighted by Crippen LogP contribution is 2.28. The van der Waals surface area contributed by atoms with Crippen LogP contribution in [0.15, 0.2) is 23.5 Å². The molecule has 5 nitrogen and oxygen atoms in total. The lowest BCUT2D eigenvalue weighted by molar-refractivity contribution is -0.138. The molecule has 0 saturated heterocycles. The SMILES string of the molecule is COC(=O)C1=COC(C)(C)C(C(=O)OC)=C1. The molecule has 0 saturated carbocycles. The van der Waals surface area contributed by atoms with E-state index in [4.69, 9.17) is 4.74 Å². The average Bonchev–Trinajstić information content (AvgIpc) is 2.26. The van der Waals surface area contributed by atoms with Crippen LogP contribution in [0.5, 0.6) is 0 Å². The topological polar surface area (TPSA) is 61.8 Å². The summed E-state index contributed by atoms with van der Waals surface area (Å²) in [6, 6.07) is 0. The molecule has 0 spiro atoms. The lowest BCUT2D eigenvalue weighted by Crippen LogP contribution is -2.33. The van der Waals surface area contributed by atoms with Crippen LogP contribution >= 0.6 is 0 Å². The molecule has 0 bridgehead atoms. The number of carbonyl (C=O) groups excluding carboxylic acids is 2. The third-order valence-electron chi connectivity index (χ3n) is 2.26. The molecule has 0 N–H and O–H groups in total. The largest absolute Gasteiger partial charge is 0.490 e. The van der Waals surface area contributed by atoms with Gasteiger partial charge in [0, 0.05) is 0 Å². The Morgan fingerprint density at radius 3 is 2.25 bits per heavy atom. The van der Waals surface area contributed by atoms with Gasteiger partial charge in [-0.15, -0.1) is 0 Å². The Kier molecular flexibility index (Phi) is 3.37. The average molecular weight is 226 g/mol. The molecule has 0 aromatic rings. The fourth-order valence-corrected chi connectivity index (χ4v) is 1.28. The maximum atomic E-state index is 11.5. The normalized spacial score (nSPS) is 17.8. The second kappa shape index (κ2) is 4.38. The van der Waals surface area contributed by atoms with Gasteiger partial charge in [-0.05, 0) is 19.9 Å². The maximum absolute atomic E-state index is 11.5. The fourth-order valence-electron chi connectivity index (χ4n) is 1.28. The van der Waals surface area contributed by atoms with Crippen molar-refractivity contribution < 1.29 is 23.8 Å². The van der Waals surface area contributed by atoms with Gasteiger partial charge in [0.15, 0.2) is 0 Å². The van der Waals surface area contributed by atoms with Gasteiger partial charge in [0.2, 0.25) is 0 Å². The molecule has 1 heterocycles. The summed E-state index contributed by atoms with van der Waals surface area (Å²) in [5, 5.41) is 0. The number of methoxy groups -OCH3 is 2. The first kappa shape index (κ1) is 12.3. The quantitative estimate of drug-likeness (QED) is 0.656. The van der Waals surface area contributed by atoms with Crippen molar-refractivity contribution in [3.8, 4) is 0 Å². The zero-order valence-corrected chi connectivity index (χ0v) is 9.70. The zero-order chi connectivity index (χ0) is 12.3. The molecule has 1 rings (SSSR count). The van der Waals surface area contributed by atoms with Crippen LogP contribution in [-0.4, -0.2) is 31.8 Å². The molecule has 0 aromatic heterocycles. The Morgan fingerprint density at radius 1 is 1.19 bits per heavy atom. The summed E-state index contributed by atoms with van der Waals surface area (Å²) in [6.07, 6.45) is 2.69. The Morgan fingerprint density at radius 2 is 1.75 bits per heavy atom. The van der Waals surface area contributed by atoms with Gasteiger partial charge >= 0.3 is 11.9 Å². The summed E-state index contributed by atoms with van der Waals surface area (Å²) in [4.78, 5) is 22.8. The number of carbonyl (C=O) groups is 2. The van der Waals surface area contributed by atoms with Gasteiger partial charge in [0.05, 0.1) is 31.6 Å². The summed E-state index contributed by atoms with van der Waals surface area (Å²) >= 11 is 0. The van der Waals surface area contributed by atoms with Gasteiger partial charge in [-0.3, -0.25) is 0 Å². The van der Waals surface area contributed by atoms with Crippen LogP contribution in [0.1, 0.15) is 13.8 Å². The monoisotopic (exact) mass is 226 g/mol. The molecule has 5 heteroatoms. The van der Waals surface area contributed by atoms with E-state index in [0.29, 0.717) is 0 Å². The lowest BCUT2D eigenvalue weighted by atomic mass is 9.94. The third-order valence-corrected chi connectivity index (χ3v) is 2.26. The molecule has 0 aromatic carbocycles. The van der Waals surface area contributed by atoms with Crippen molar-refractivity contribution in [3.05, 3.63) is 23.5 Å². The van der Waals surface area contributed by atoms with E-state index in [1.165, 1.54) is 26.6 Å². The van der Waals surface area contributed by atoms with Crippen molar-refractivity contribution in [2.45, 2.75) is 19.4 Å². The number of esters is 2. The molecular weight excluding hydrogens is 212 g/mol. The van der Waals surface area contributed by atoms with Crippen LogP contribution in [0.25, 0.3) is 0 Å². The minimum Gasteiger partial charge on any atom is -0.490 e. The summed E-state index contributed by atoms with van der Waals surface area (Å²) in [5.41, 5.74) is -0.356. The molecule has 0 unspecified atom stereocenters. The Labute approximate surface area is 93.7 Å². The van der Waals surface area contributed by atoms with Gasteiger partial charge in [0.25, 0.3) is 0 Å². The summed E-state index contributed by atoms with van der Waals surface area (Å²) in [7, 11) is 2.53. The van der Waals surface area contributed by atoms with E-state index in [0.717, 1.165) is 0 Å². The van der Waals surface area contributed by atoms with Crippen molar-refractivity contribution >= 4 is 11.9 Å². The van der Waals surface area contributed by atoms with Gasteiger partial charge in [-0.25, -0.2) is 9.59 Å². The van der Waals surface area contributed by atoms with E-state index in [9.17, 15) is 9.59 Å². The van der Waals surface area contributed by atoms with Crippen molar-refractivity contribution in [1.82, 2.24) is 0 Å². The van der Waals surface area contributed by atoms with Crippen LogP contribution in [0.4, 0.5) is 0 Å². The highest BCUT2D eigenvalue weighted by Gasteiger charge is 2.34. The van der Waals surface area contributed by atoms with Crippen LogP contribution in [0.3, 0.4) is 0 Å². The smallest absolute Gasteiger partial charge is 0.341 e. The van der Waals surface area contributed by atoms with Crippen molar-refractivity contribution in [1.29, 1.82) is 0 Å². The van der Waals surface area contributed by atoms with Crippen LogP contribution < -0.4 is 0 Å². The zero-order valence-electron chi connectivity index (χ0n) is 9.70. The molecule has 0 radical (unpaired) electrons. The van der Waals surface area contributed by atoms with Crippen molar-refractivity contribution in [3.63, 3.8) is 0 Å². The van der Waals surface area contributed by atoms with Gasteiger partial charge < -0.3 is 14.2 Å².